The predicted molar refractivity (Wildman–Crippen MR) is 218 cm³/mol. The maximum atomic E-state index is 5.54. The number of hydrogen-bond donors (Lipinski definition) is 2. The molecule has 0 aromatic rings. The lowest BCUT2D eigenvalue weighted by atomic mass is 9.71. The number of allylic oxidation sites excluding steroid dienone is 5. The largest absolute Gasteiger partial charge is 0.399 e. The van der Waals surface area contributed by atoms with Crippen LogP contribution in [-0.4, -0.2) is 6.04 Å². The minimum atomic E-state index is 0.0770. The lowest BCUT2D eigenvalue weighted by molar-refractivity contribution is 0.275. The van der Waals surface area contributed by atoms with Gasteiger partial charge in [-0.25, -0.2) is 0 Å². The van der Waals surface area contributed by atoms with Gasteiger partial charge in [-0.15, -0.1) is 0 Å². The lowest BCUT2D eigenvalue weighted by Gasteiger charge is -2.39. The summed E-state index contributed by atoms with van der Waals surface area (Å²) in [5, 5.41) is 3.57. The van der Waals surface area contributed by atoms with Gasteiger partial charge in [-0.1, -0.05) is 183 Å². The van der Waals surface area contributed by atoms with Crippen molar-refractivity contribution < 1.29 is 0 Å². The molecule has 6 unspecified atom stereocenters. The Morgan fingerprint density at radius 2 is 1.50 bits per heavy atom. The van der Waals surface area contributed by atoms with Gasteiger partial charge >= 0.3 is 0 Å². The van der Waals surface area contributed by atoms with Crippen LogP contribution in [0.1, 0.15) is 146 Å². The first-order valence-corrected chi connectivity index (χ1v) is 19.5. The number of nitrogens with two attached hydrogens (primary N) is 1. The van der Waals surface area contributed by atoms with Crippen LogP contribution in [0, 0.1) is 52.3 Å². The third-order valence-corrected chi connectivity index (χ3v) is 11.9. The fourth-order valence-corrected chi connectivity index (χ4v) is 8.31. The first kappa shape index (κ1) is 43.8. The van der Waals surface area contributed by atoms with E-state index < -0.39 is 0 Å². The fraction of sp³-hybridized carbons (Fsp3) is 0.696. The molecular formula is C46H80N2. The highest BCUT2D eigenvalue weighted by molar-refractivity contribution is 5.29. The van der Waals surface area contributed by atoms with E-state index in [9.17, 15) is 0 Å². The minimum absolute atomic E-state index is 0.0770. The third-order valence-electron chi connectivity index (χ3n) is 11.9. The molecule has 2 nitrogen and oxygen atoms in total. The van der Waals surface area contributed by atoms with E-state index in [1.807, 2.05) is 13.0 Å². The summed E-state index contributed by atoms with van der Waals surface area (Å²) >= 11 is 0. The average molecular weight is 661 g/mol. The second kappa shape index (κ2) is 19.8. The molecule has 0 bridgehead atoms. The molecule has 3 N–H and O–H groups in total. The van der Waals surface area contributed by atoms with Crippen molar-refractivity contribution in [1.29, 1.82) is 0 Å². The van der Waals surface area contributed by atoms with Gasteiger partial charge in [0.1, 0.15) is 0 Å². The maximum Gasteiger partial charge on any atom is 0.0519 e. The molecule has 0 spiro atoms. The molecule has 0 amide bonds. The molecule has 2 heteroatoms. The topological polar surface area (TPSA) is 38.0 Å². The second-order valence-electron chi connectivity index (χ2n) is 17.5. The van der Waals surface area contributed by atoms with E-state index in [-0.39, 0.29) is 11.5 Å². The van der Waals surface area contributed by atoms with Crippen molar-refractivity contribution in [3.63, 3.8) is 0 Å². The molecule has 3 aliphatic carbocycles. The maximum absolute atomic E-state index is 5.54. The van der Waals surface area contributed by atoms with Gasteiger partial charge < -0.3 is 11.1 Å². The highest BCUT2D eigenvalue weighted by Crippen LogP contribution is 2.66. The van der Waals surface area contributed by atoms with Gasteiger partial charge in [-0.3, -0.25) is 0 Å². The first-order valence-electron chi connectivity index (χ1n) is 19.5. The molecule has 0 radical (unpaired) electrons. The minimum Gasteiger partial charge on any atom is -0.399 e. The Labute approximate surface area is 300 Å². The predicted octanol–water partition coefficient (Wildman–Crippen LogP) is 13.5. The third kappa shape index (κ3) is 14.0. The van der Waals surface area contributed by atoms with Crippen LogP contribution in [0.5, 0.6) is 0 Å². The second-order valence-corrected chi connectivity index (χ2v) is 17.5. The van der Waals surface area contributed by atoms with E-state index >= 15 is 0 Å². The highest BCUT2D eigenvalue weighted by atomic mass is 14.9. The van der Waals surface area contributed by atoms with Crippen molar-refractivity contribution >= 4 is 0 Å². The smallest absolute Gasteiger partial charge is 0.0519 e. The summed E-state index contributed by atoms with van der Waals surface area (Å²) in [5.74, 6) is 4.70. The van der Waals surface area contributed by atoms with Crippen LogP contribution in [0.3, 0.4) is 0 Å². The molecule has 3 rings (SSSR count). The summed E-state index contributed by atoms with van der Waals surface area (Å²) in [6.07, 6.45) is 18.5. The summed E-state index contributed by atoms with van der Waals surface area (Å²) in [6, 6.07) is 0.196. The van der Waals surface area contributed by atoms with Crippen LogP contribution in [0.25, 0.3) is 0 Å². The molecule has 3 fully saturated rings. The monoisotopic (exact) mass is 661 g/mol. The normalized spacial score (nSPS) is 22.3. The Morgan fingerprint density at radius 1 is 0.938 bits per heavy atom. The number of hydrogen-bond acceptors (Lipinski definition) is 2. The zero-order valence-electron chi connectivity index (χ0n) is 33.7. The van der Waals surface area contributed by atoms with Crippen LogP contribution in [0.15, 0.2) is 85.8 Å². The van der Waals surface area contributed by atoms with Gasteiger partial charge in [0.25, 0.3) is 0 Å². The summed E-state index contributed by atoms with van der Waals surface area (Å²) in [4.78, 5) is 0. The summed E-state index contributed by atoms with van der Waals surface area (Å²) in [5.41, 5.74) is 12.5. The Kier molecular flexibility index (Phi) is 18.1. The molecule has 0 heterocycles. The van der Waals surface area contributed by atoms with Crippen molar-refractivity contribution in [1.82, 2.24) is 5.32 Å². The summed E-state index contributed by atoms with van der Waals surface area (Å²) in [7, 11) is 0. The van der Waals surface area contributed by atoms with E-state index in [0.717, 1.165) is 34.6 Å². The van der Waals surface area contributed by atoms with E-state index in [2.05, 4.69) is 114 Å². The Hall–Kier alpha value is -2.22. The van der Waals surface area contributed by atoms with Gasteiger partial charge in [-0.2, -0.15) is 0 Å². The number of nitrogens with one attached hydrogen (secondary N) is 1. The fourth-order valence-electron chi connectivity index (χ4n) is 8.31. The van der Waals surface area contributed by atoms with Gasteiger partial charge in [-0.05, 0) is 90.4 Å². The molecule has 0 saturated heterocycles. The number of rotatable bonds is 18. The van der Waals surface area contributed by atoms with E-state index in [1.54, 1.807) is 0 Å². The zero-order valence-corrected chi connectivity index (χ0v) is 33.7. The lowest BCUT2D eigenvalue weighted by Crippen LogP contribution is -2.43. The molecule has 3 aliphatic rings. The molecule has 0 aromatic heterocycles. The molecule has 0 aliphatic heterocycles. The summed E-state index contributed by atoms with van der Waals surface area (Å²) in [6.45, 7) is 51.2. The van der Waals surface area contributed by atoms with Crippen molar-refractivity contribution in [2.45, 2.75) is 152 Å². The highest BCUT2D eigenvalue weighted by Gasteiger charge is 2.60. The summed E-state index contributed by atoms with van der Waals surface area (Å²) < 4.78 is 0. The van der Waals surface area contributed by atoms with Gasteiger partial charge in [0, 0.05) is 11.4 Å². The van der Waals surface area contributed by atoms with E-state index in [0.29, 0.717) is 34.8 Å². The Bertz CT molecular complexity index is 1100. The molecule has 0 aromatic carbocycles. The van der Waals surface area contributed by atoms with E-state index in [4.69, 9.17) is 5.73 Å². The van der Waals surface area contributed by atoms with Crippen LogP contribution < -0.4 is 11.1 Å². The van der Waals surface area contributed by atoms with Crippen LogP contribution >= 0.6 is 0 Å². The Morgan fingerprint density at radius 3 is 1.90 bits per heavy atom. The van der Waals surface area contributed by atoms with Crippen molar-refractivity contribution in [2.24, 2.45) is 58.0 Å². The van der Waals surface area contributed by atoms with Gasteiger partial charge in [0.05, 0.1) is 6.04 Å². The Balaban J connectivity index is 0.000000412. The molecule has 6 atom stereocenters. The first-order chi connectivity index (χ1) is 22.2. The molecule has 48 heavy (non-hydrogen) atoms. The van der Waals surface area contributed by atoms with Crippen molar-refractivity contribution in [3.05, 3.63) is 85.8 Å². The zero-order chi connectivity index (χ0) is 37.0. The van der Waals surface area contributed by atoms with Crippen molar-refractivity contribution in [2.75, 3.05) is 0 Å². The van der Waals surface area contributed by atoms with Crippen LogP contribution in [0.2, 0.25) is 0 Å². The SMILES string of the molecule is C=C(CC)CCCC1CCCC1.C=C(N)C(=C)C(C)CC1CC1.C=CC(=C)C(C(C)C(=C)C(NC(=C)C)C(C)(C)C)C1C(CC)C1(C)C. The average Bonchev–Trinajstić information content (AvgIpc) is 3.85. The van der Waals surface area contributed by atoms with Gasteiger partial charge in [0.15, 0.2) is 0 Å². The van der Waals surface area contributed by atoms with Crippen molar-refractivity contribution in [3.8, 4) is 0 Å². The van der Waals surface area contributed by atoms with E-state index in [1.165, 1.54) is 88.2 Å². The standard InChI is InChI=1S/C24H41N.C12H22.C10H17N/c1-13-16(5)20(21-19(14-2)24(21,11)12)17(6)18(7)22(23(8,9)10)25-15(3)4;1-3-11(2)7-6-10-12-8-4-5-9-12;1-7(6-10-4-5-10)8(2)9(3)11/h13,17,19-22,25H,1,3,5,7,14H2,2,4,6,8-12H3;12H,2-10H2,1H3;7,10H,2-6,11H2,1H3. The molecule has 3 saturated carbocycles. The quantitative estimate of drug-likeness (QED) is 0.113. The van der Waals surface area contributed by atoms with Gasteiger partial charge in [0.2, 0.25) is 0 Å². The van der Waals surface area contributed by atoms with Crippen LogP contribution in [0.4, 0.5) is 0 Å². The van der Waals surface area contributed by atoms with Crippen LogP contribution in [-0.2, 0) is 0 Å². The molecule has 274 valence electrons. The molecular weight excluding hydrogens is 581 g/mol.